The number of hydrogen-bond donors (Lipinski definition) is 1. The molecule has 1 aliphatic rings. The molecular formula is C14H23N3O. The number of nitrogens with one attached hydrogen (secondary N) is 1. The summed E-state index contributed by atoms with van der Waals surface area (Å²) in [4.78, 5) is 2.35. The van der Waals surface area contributed by atoms with Crippen molar-refractivity contribution in [2.45, 2.75) is 13.0 Å². The number of para-hydroxylation sites is 1. The van der Waals surface area contributed by atoms with Gasteiger partial charge in [-0.3, -0.25) is 0 Å². The second-order valence-corrected chi connectivity index (χ2v) is 4.88. The Morgan fingerprint density at radius 1 is 1.17 bits per heavy atom. The van der Waals surface area contributed by atoms with Crippen molar-refractivity contribution in [3.63, 3.8) is 0 Å². The maximum atomic E-state index is 5.41. The Labute approximate surface area is 109 Å². The van der Waals surface area contributed by atoms with Crippen LogP contribution in [0.5, 0.6) is 5.75 Å². The number of methoxy groups -OCH3 is 1. The number of hydrazine groups is 1. The van der Waals surface area contributed by atoms with E-state index in [-0.39, 0.29) is 6.04 Å². The lowest BCUT2D eigenvalue weighted by Gasteiger charge is -2.34. The average molecular weight is 249 g/mol. The standard InChI is InChI=1S/C14H23N3O/c1-12(13-6-4-5-7-14(13)18-3)15-17-10-8-16(2)9-11-17/h4-7,12,15H,8-11H2,1-3H3. The summed E-state index contributed by atoms with van der Waals surface area (Å²) in [6.45, 7) is 6.54. The average Bonchev–Trinajstić information content (AvgIpc) is 2.41. The highest BCUT2D eigenvalue weighted by Gasteiger charge is 2.17. The van der Waals surface area contributed by atoms with Crippen molar-refractivity contribution < 1.29 is 4.74 Å². The summed E-state index contributed by atoms with van der Waals surface area (Å²) in [6, 6.07) is 8.46. The minimum atomic E-state index is 0.268. The number of piperazine rings is 1. The van der Waals surface area contributed by atoms with Crippen molar-refractivity contribution in [3.8, 4) is 5.75 Å². The summed E-state index contributed by atoms with van der Waals surface area (Å²) in [6.07, 6.45) is 0. The summed E-state index contributed by atoms with van der Waals surface area (Å²) in [5.74, 6) is 0.951. The zero-order chi connectivity index (χ0) is 13.0. The van der Waals surface area contributed by atoms with Crippen LogP contribution in [0, 0.1) is 0 Å². The molecule has 1 aliphatic heterocycles. The van der Waals surface area contributed by atoms with Gasteiger partial charge in [0.25, 0.3) is 0 Å². The Morgan fingerprint density at radius 3 is 2.50 bits per heavy atom. The first-order chi connectivity index (χ1) is 8.70. The van der Waals surface area contributed by atoms with Crippen LogP contribution in [0.15, 0.2) is 24.3 Å². The number of rotatable bonds is 4. The number of likely N-dealkylation sites (N-methyl/N-ethyl adjacent to an activating group) is 1. The molecule has 18 heavy (non-hydrogen) atoms. The van der Waals surface area contributed by atoms with Gasteiger partial charge in [0, 0.05) is 37.8 Å². The summed E-state index contributed by atoms with van der Waals surface area (Å²) < 4.78 is 5.41. The molecule has 100 valence electrons. The second kappa shape index (κ2) is 6.18. The van der Waals surface area contributed by atoms with Crippen LogP contribution in [-0.2, 0) is 0 Å². The molecule has 0 aliphatic carbocycles. The van der Waals surface area contributed by atoms with Crippen molar-refractivity contribution in [1.82, 2.24) is 15.3 Å². The lowest BCUT2D eigenvalue weighted by molar-refractivity contribution is 0.0894. The van der Waals surface area contributed by atoms with E-state index in [0.29, 0.717) is 0 Å². The molecule has 1 aromatic carbocycles. The third-order valence-electron chi connectivity index (χ3n) is 3.48. The molecule has 1 saturated heterocycles. The van der Waals surface area contributed by atoms with E-state index in [9.17, 15) is 0 Å². The molecular weight excluding hydrogens is 226 g/mol. The second-order valence-electron chi connectivity index (χ2n) is 4.88. The van der Waals surface area contributed by atoms with Gasteiger partial charge in [0.2, 0.25) is 0 Å². The van der Waals surface area contributed by atoms with Gasteiger partial charge < -0.3 is 9.64 Å². The summed E-state index contributed by atoms with van der Waals surface area (Å²) in [7, 11) is 3.89. The Kier molecular flexibility index (Phi) is 4.58. The highest BCUT2D eigenvalue weighted by molar-refractivity contribution is 5.35. The maximum Gasteiger partial charge on any atom is 0.123 e. The quantitative estimate of drug-likeness (QED) is 0.875. The van der Waals surface area contributed by atoms with E-state index in [2.05, 4.69) is 41.4 Å². The number of benzene rings is 1. The molecule has 0 bridgehead atoms. The van der Waals surface area contributed by atoms with Crippen LogP contribution in [0.4, 0.5) is 0 Å². The molecule has 0 saturated carbocycles. The minimum Gasteiger partial charge on any atom is -0.496 e. The van der Waals surface area contributed by atoms with Crippen LogP contribution < -0.4 is 10.2 Å². The fourth-order valence-electron chi connectivity index (χ4n) is 2.30. The summed E-state index contributed by atoms with van der Waals surface area (Å²) >= 11 is 0. The summed E-state index contributed by atoms with van der Waals surface area (Å²) in [5.41, 5.74) is 4.76. The zero-order valence-electron chi connectivity index (χ0n) is 11.5. The maximum absolute atomic E-state index is 5.41. The van der Waals surface area contributed by atoms with Crippen LogP contribution >= 0.6 is 0 Å². The predicted molar refractivity (Wildman–Crippen MR) is 73.6 cm³/mol. The fourth-order valence-corrected chi connectivity index (χ4v) is 2.30. The molecule has 1 N–H and O–H groups in total. The van der Waals surface area contributed by atoms with Crippen LogP contribution in [0.2, 0.25) is 0 Å². The van der Waals surface area contributed by atoms with Gasteiger partial charge in [-0.05, 0) is 20.0 Å². The molecule has 0 amide bonds. The predicted octanol–water partition coefficient (Wildman–Crippen LogP) is 1.51. The van der Waals surface area contributed by atoms with E-state index in [4.69, 9.17) is 4.74 Å². The van der Waals surface area contributed by atoms with Crippen molar-refractivity contribution in [2.75, 3.05) is 40.3 Å². The summed E-state index contributed by atoms with van der Waals surface area (Å²) in [5, 5.41) is 2.30. The first kappa shape index (κ1) is 13.3. The Balaban J connectivity index is 1.96. The van der Waals surface area contributed by atoms with Crippen LogP contribution in [0.25, 0.3) is 0 Å². The van der Waals surface area contributed by atoms with Gasteiger partial charge in [-0.25, -0.2) is 10.4 Å². The van der Waals surface area contributed by atoms with E-state index in [0.717, 1.165) is 31.9 Å². The van der Waals surface area contributed by atoms with Gasteiger partial charge in [0.15, 0.2) is 0 Å². The van der Waals surface area contributed by atoms with E-state index < -0.39 is 0 Å². The van der Waals surface area contributed by atoms with E-state index >= 15 is 0 Å². The number of ether oxygens (including phenoxy) is 1. The van der Waals surface area contributed by atoms with Gasteiger partial charge in [0.1, 0.15) is 5.75 Å². The SMILES string of the molecule is COc1ccccc1C(C)NN1CCN(C)CC1. The fraction of sp³-hybridized carbons (Fsp3) is 0.571. The smallest absolute Gasteiger partial charge is 0.123 e. The molecule has 1 unspecified atom stereocenters. The first-order valence-electron chi connectivity index (χ1n) is 6.53. The van der Waals surface area contributed by atoms with Crippen molar-refractivity contribution in [1.29, 1.82) is 0 Å². The van der Waals surface area contributed by atoms with Crippen LogP contribution in [0.3, 0.4) is 0 Å². The molecule has 1 fully saturated rings. The van der Waals surface area contributed by atoms with Crippen molar-refractivity contribution in [2.24, 2.45) is 0 Å². The molecule has 1 aromatic rings. The van der Waals surface area contributed by atoms with Crippen LogP contribution in [0.1, 0.15) is 18.5 Å². The van der Waals surface area contributed by atoms with Gasteiger partial charge in [-0.15, -0.1) is 0 Å². The molecule has 4 nitrogen and oxygen atoms in total. The molecule has 4 heteroatoms. The van der Waals surface area contributed by atoms with E-state index in [1.807, 2.05) is 12.1 Å². The molecule has 0 aromatic heterocycles. The largest absolute Gasteiger partial charge is 0.496 e. The van der Waals surface area contributed by atoms with Crippen molar-refractivity contribution in [3.05, 3.63) is 29.8 Å². The molecule has 0 spiro atoms. The first-order valence-corrected chi connectivity index (χ1v) is 6.53. The third-order valence-corrected chi connectivity index (χ3v) is 3.48. The van der Waals surface area contributed by atoms with Crippen LogP contribution in [-0.4, -0.2) is 50.2 Å². The lowest BCUT2D eigenvalue weighted by Crippen LogP contribution is -2.51. The number of hydrogen-bond acceptors (Lipinski definition) is 4. The van der Waals surface area contributed by atoms with Crippen molar-refractivity contribution >= 4 is 0 Å². The lowest BCUT2D eigenvalue weighted by atomic mass is 10.1. The Morgan fingerprint density at radius 2 is 1.83 bits per heavy atom. The number of nitrogens with zero attached hydrogens (tertiary/aromatic N) is 2. The Bertz CT molecular complexity index is 375. The molecule has 2 rings (SSSR count). The highest BCUT2D eigenvalue weighted by Crippen LogP contribution is 2.24. The molecule has 1 atom stereocenters. The monoisotopic (exact) mass is 249 g/mol. The van der Waals surface area contributed by atoms with Gasteiger partial charge in [0.05, 0.1) is 7.11 Å². The van der Waals surface area contributed by atoms with E-state index in [1.54, 1.807) is 7.11 Å². The molecule has 1 heterocycles. The third kappa shape index (κ3) is 3.22. The topological polar surface area (TPSA) is 27.7 Å². The highest BCUT2D eigenvalue weighted by atomic mass is 16.5. The Hall–Kier alpha value is -1.10. The van der Waals surface area contributed by atoms with Gasteiger partial charge in [-0.2, -0.15) is 0 Å². The molecule has 0 radical (unpaired) electrons. The van der Waals surface area contributed by atoms with Gasteiger partial charge >= 0.3 is 0 Å². The normalized spacial score (nSPS) is 19.7. The zero-order valence-corrected chi connectivity index (χ0v) is 11.5. The van der Waals surface area contributed by atoms with E-state index in [1.165, 1.54) is 5.56 Å². The minimum absolute atomic E-state index is 0.268. The van der Waals surface area contributed by atoms with Gasteiger partial charge in [-0.1, -0.05) is 18.2 Å².